The summed E-state index contributed by atoms with van der Waals surface area (Å²) in [5.41, 5.74) is 0.508. The van der Waals surface area contributed by atoms with Crippen LogP contribution in [0.4, 0.5) is 5.69 Å². The minimum Gasteiger partial charge on any atom is -0.492 e. The van der Waals surface area contributed by atoms with Gasteiger partial charge in [0.05, 0.1) is 12.8 Å². The van der Waals surface area contributed by atoms with Crippen molar-refractivity contribution >= 4 is 21.7 Å². The Labute approximate surface area is 119 Å². The molecule has 0 saturated carbocycles. The molecular weight excluding hydrogens is 280 g/mol. The number of rotatable bonds is 6. The lowest BCUT2D eigenvalue weighted by atomic mass is 10.3. The van der Waals surface area contributed by atoms with Gasteiger partial charge >= 0.3 is 0 Å². The molecule has 1 aromatic rings. The SMILES string of the molecule is CN=C(NC)NCCOc1ccc(NS(C)(=O)=O)cc1. The van der Waals surface area contributed by atoms with Gasteiger partial charge in [-0.2, -0.15) is 0 Å². The summed E-state index contributed by atoms with van der Waals surface area (Å²) >= 11 is 0. The molecule has 0 aliphatic carbocycles. The van der Waals surface area contributed by atoms with Crippen molar-refractivity contribution in [2.24, 2.45) is 4.99 Å². The number of nitrogens with one attached hydrogen (secondary N) is 3. The Kier molecular flexibility index (Phi) is 6.10. The fourth-order valence-corrected chi connectivity index (χ4v) is 2.02. The predicted octanol–water partition coefficient (Wildman–Crippen LogP) is 0.232. The Balaban J connectivity index is 2.39. The monoisotopic (exact) mass is 300 g/mol. The van der Waals surface area contributed by atoms with E-state index >= 15 is 0 Å². The molecule has 0 amide bonds. The van der Waals surface area contributed by atoms with Crippen molar-refractivity contribution in [3.05, 3.63) is 24.3 Å². The third-order valence-electron chi connectivity index (χ3n) is 2.28. The second-order valence-electron chi connectivity index (χ2n) is 4.00. The molecule has 8 heteroatoms. The molecule has 0 fully saturated rings. The van der Waals surface area contributed by atoms with Crippen molar-refractivity contribution in [2.45, 2.75) is 0 Å². The molecule has 1 aromatic carbocycles. The van der Waals surface area contributed by atoms with Gasteiger partial charge in [0.1, 0.15) is 12.4 Å². The van der Waals surface area contributed by atoms with Gasteiger partial charge in [-0.25, -0.2) is 8.42 Å². The third-order valence-corrected chi connectivity index (χ3v) is 2.89. The number of sulfonamides is 1. The van der Waals surface area contributed by atoms with E-state index in [1.165, 1.54) is 0 Å². The first kappa shape index (κ1) is 16.1. The summed E-state index contributed by atoms with van der Waals surface area (Å²) in [7, 11) is 0.222. The highest BCUT2D eigenvalue weighted by Crippen LogP contribution is 2.16. The minimum absolute atomic E-state index is 0.472. The molecule has 1 rings (SSSR count). The number of aliphatic imine (C=N–C) groups is 1. The summed E-state index contributed by atoms with van der Waals surface area (Å²) in [5.74, 6) is 1.37. The summed E-state index contributed by atoms with van der Waals surface area (Å²) in [6.07, 6.45) is 1.11. The van der Waals surface area contributed by atoms with Crippen molar-refractivity contribution in [3.8, 4) is 5.75 Å². The molecule has 0 radical (unpaired) electrons. The van der Waals surface area contributed by atoms with E-state index < -0.39 is 10.0 Å². The van der Waals surface area contributed by atoms with Crippen LogP contribution in [0.3, 0.4) is 0 Å². The summed E-state index contributed by atoms with van der Waals surface area (Å²) in [6.45, 7) is 1.08. The average Bonchev–Trinajstić information content (AvgIpc) is 2.39. The Bertz CT molecular complexity index is 540. The second-order valence-corrected chi connectivity index (χ2v) is 5.74. The summed E-state index contributed by atoms with van der Waals surface area (Å²) in [4.78, 5) is 3.97. The first-order valence-corrected chi connectivity index (χ1v) is 7.93. The van der Waals surface area contributed by atoms with Gasteiger partial charge in [0, 0.05) is 19.8 Å². The zero-order valence-electron chi connectivity index (χ0n) is 11.8. The standard InChI is InChI=1S/C12H20N4O3S/c1-13-12(14-2)15-8-9-19-11-6-4-10(5-7-11)16-20(3,17)18/h4-7,16H,8-9H2,1-3H3,(H2,13,14,15). The maximum Gasteiger partial charge on any atom is 0.229 e. The Morgan fingerprint density at radius 2 is 1.95 bits per heavy atom. The van der Waals surface area contributed by atoms with Crippen molar-refractivity contribution < 1.29 is 13.2 Å². The highest BCUT2D eigenvalue weighted by Gasteiger charge is 2.01. The molecule has 0 saturated heterocycles. The van der Waals surface area contributed by atoms with E-state index in [9.17, 15) is 8.42 Å². The van der Waals surface area contributed by atoms with Crippen LogP contribution in [-0.2, 0) is 10.0 Å². The predicted molar refractivity (Wildman–Crippen MR) is 80.8 cm³/mol. The maximum absolute atomic E-state index is 11.0. The number of nitrogens with zero attached hydrogens (tertiary/aromatic N) is 1. The van der Waals surface area contributed by atoms with Crippen LogP contribution >= 0.6 is 0 Å². The van der Waals surface area contributed by atoms with Crippen LogP contribution in [0.1, 0.15) is 0 Å². The minimum atomic E-state index is -3.25. The molecule has 0 bridgehead atoms. The second kappa shape index (κ2) is 7.59. The topological polar surface area (TPSA) is 91.8 Å². The van der Waals surface area contributed by atoms with Crippen LogP contribution in [0, 0.1) is 0 Å². The normalized spacial score (nSPS) is 11.8. The van der Waals surface area contributed by atoms with Crippen LogP contribution in [0.15, 0.2) is 29.3 Å². The molecule has 0 atom stereocenters. The van der Waals surface area contributed by atoms with E-state index in [-0.39, 0.29) is 0 Å². The van der Waals surface area contributed by atoms with Crippen LogP contribution in [0.5, 0.6) is 5.75 Å². The summed E-state index contributed by atoms with van der Waals surface area (Å²) < 4.78 is 30.0. The van der Waals surface area contributed by atoms with E-state index in [0.717, 1.165) is 6.26 Å². The van der Waals surface area contributed by atoms with Gasteiger partial charge in [-0.05, 0) is 24.3 Å². The quantitative estimate of drug-likeness (QED) is 0.397. The Hall–Kier alpha value is -1.96. The van der Waals surface area contributed by atoms with E-state index in [0.29, 0.717) is 30.5 Å². The number of hydrogen-bond donors (Lipinski definition) is 3. The highest BCUT2D eigenvalue weighted by molar-refractivity contribution is 7.92. The lowest BCUT2D eigenvalue weighted by Gasteiger charge is -2.10. The van der Waals surface area contributed by atoms with E-state index in [2.05, 4.69) is 20.3 Å². The maximum atomic E-state index is 11.0. The van der Waals surface area contributed by atoms with Crippen molar-refractivity contribution in [2.75, 3.05) is 38.2 Å². The molecular formula is C12H20N4O3S. The van der Waals surface area contributed by atoms with E-state index in [4.69, 9.17) is 4.74 Å². The van der Waals surface area contributed by atoms with E-state index in [1.807, 2.05) is 0 Å². The van der Waals surface area contributed by atoms with Gasteiger partial charge in [0.25, 0.3) is 0 Å². The van der Waals surface area contributed by atoms with Gasteiger partial charge in [-0.15, -0.1) is 0 Å². The van der Waals surface area contributed by atoms with E-state index in [1.54, 1.807) is 38.4 Å². The van der Waals surface area contributed by atoms with Gasteiger partial charge in [0.15, 0.2) is 5.96 Å². The largest absolute Gasteiger partial charge is 0.492 e. The van der Waals surface area contributed by atoms with Crippen LogP contribution in [0.2, 0.25) is 0 Å². The number of benzene rings is 1. The van der Waals surface area contributed by atoms with Gasteiger partial charge in [-0.3, -0.25) is 9.71 Å². The third kappa shape index (κ3) is 6.28. The first-order valence-electron chi connectivity index (χ1n) is 6.03. The molecule has 112 valence electrons. The molecule has 20 heavy (non-hydrogen) atoms. The molecule has 0 aromatic heterocycles. The fraction of sp³-hybridized carbons (Fsp3) is 0.417. The smallest absolute Gasteiger partial charge is 0.229 e. The molecule has 0 aliphatic heterocycles. The van der Waals surface area contributed by atoms with Crippen LogP contribution in [0.25, 0.3) is 0 Å². The number of anilines is 1. The molecule has 0 heterocycles. The zero-order valence-corrected chi connectivity index (χ0v) is 12.6. The van der Waals surface area contributed by atoms with Crippen molar-refractivity contribution in [1.82, 2.24) is 10.6 Å². The van der Waals surface area contributed by atoms with Crippen molar-refractivity contribution in [3.63, 3.8) is 0 Å². The molecule has 3 N–H and O–H groups in total. The fourth-order valence-electron chi connectivity index (χ4n) is 1.45. The van der Waals surface area contributed by atoms with Gasteiger partial charge in [0.2, 0.25) is 10.0 Å². The van der Waals surface area contributed by atoms with Crippen molar-refractivity contribution in [1.29, 1.82) is 0 Å². The Morgan fingerprint density at radius 3 is 2.45 bits per heavy atom. The number of ether oxygens (including phenoxy) is 1. The number of hydrogen-bond acceptors (Lipinski definition) is 4. The first-order chi connectivity index (χ1) is 9.44. The zero-order chi connectivity index (χ0) is 15.0. The summed E-state index contributed by atoms with van der Waals surface area (Å²) in [5, 5.41) is 5.95. The van der Waals surface area contributed by atoms with Crippen LogP contribution < -0.4 is 20.1 Å². The lowest BCUT2D eigenvalue weighted by Crippen LogP contribution is -2.37. The highest BCUT2D eigenvalue weighted by atomic mass is 32.2. The Morgan fingerprint density at radius 1 is 1.30 bits per heavy atom. The van der Waals surface area contributed by atoms with Crippen LogP contribution in [-0.4, -0.2) is 47.9 Å². The lowest BCUT2D eigenvalue weighted by molar-refractivity contribution is 0.322. The van der Waals surface area contributed by atoms with Gasteiger partial charge in [-0.1, -0.05) is 0 Å². The summed E-state index contributed by atoms with van der Waals surface area (Å²) in [6, 6.07) is 6.72. The van der Waals surface area contributed by atoms with Gasteiger partial charge < -0.3 is 15.4 Å². The molecule has 0 aliphatic rings. The molecule has 0 spiro atoms. The molecule has 0 unspecified atom stereocenters. The average molecular weight is 300 g/mol. The number of guanidine groups is 1. The molecule has 7 nitrogen and oxygen atoms in total.